The van der Waals surface area contributed by atoms with E-state index in [-0.39, 0.29) is 5.82 Å². The van der Waals surface area contributed by atoms with Gasteiger partial charge in [-0.1, -0.05) is 13.8 Å². The summed E-state index contributed by atoms with van der Waals surface area (Å²) in [6.45, 7) is 6.27. The van der Waals surface area contributed by atoms with Gasteiger partial charge in [0.1, 0.15) is 5.82 Å². The lowest BCUT2D eigenvalue weighted by Crippen LogP contribution is -2.26. The van der Waals surface area contributed by atoms with Gasteiger partial charge in [0.05, 0.1) is 6.61 Å². The zero-order valence-electron chi connectivity index (χ0n) is 11.7. The van der Waals surface area contributed by atoms with E-state index >= 15 is 0 Å². The molecule has 0 aliphatic heterocycles. The minimum atomic E-state index is -0.195. The molecule has 0 spiro atoms. The van der Waals surface area contributed by atoms with Crippen molar-refractivity contribution in [1.29, 1.82) is 0 Å². The van der Waals surface area contributed by atoms with E-state index in [1.807, 2.05) is 13.1 Å². The van der Waals surface area contributed by atoms with Gasteiger partial charge in [-0.25, -0.2) is 4.39 Å². The number of methoxy groups -OCH3 is 1. The molecule has 1 aromatic rings. The highest BCUT2D eigenvalue weighted by Crippen LogP contribution is 2.20. The summed E-state index contributed by atoms with van der Waals surface area (Å²) < 4.78 is 18.4. The van der Waals surface area contributed by atoms with Gasteiger partial charge in [-0.2, -0.15) is 0 Å². The maximum atomic E-state index is 13.3. The number of likely N-dealkylation sites (N-methyl/N-ethyl adjacent to an activating group) is 1. The SMILES string of the molecule is COCCN(C)c1ccc(F)cc1CNC(C)C. The van der Waals surface area contributed by atoms with E-state index < -0.39 is 0 Å². The first kappa shape index (κ1) is 14.9. The van der Waals surface area contributed by atoms with Crippen LogP contribution in [0.5, 0.6) is 0 Å². The van der Waals surface area contributed by atoms with Crippen molar-refractivity contribution in [3.8, 4) is 0 Å². The lowest BCUT2D eigenvalue weighted by molar-refractivity contribution is 0.206. The molecule has 0 aliphatic rings. The molecule has 0 saturated heterocycles. The zero-order valence-corrected chi connectivity index (χ0v) is 11.7. The van der Waals surface area contributed by atoms with Gasteiger partial charge in [0.25, 0.3) is 0 Å². The predicted octanol–water partition coefficient (Wildman–Crippen LogP) is 2.41. The third kappa shape index (κ3) is 4.63. The molecule has 1 aromatic carbocycles. The summed E-state index contributed by atoms with van der Waals surface area (Å²) in [5, 5.41) is 3.32. The molecule has 0 amide bonds. The number of halogens is 1. The third-order valence-electron chi connectivity index (χ3n) is 2.78. The highest BCUT2D eigenvalue weighted by molar-refractivity contribution is 5.53. The molecular formula is C14H23FN2O. The summed E-state index contributed by atoms with van der Waals surface area (Å²) in [4.78, 5) is 2.08. The second-order valence-corrected chi connectivity index (χ2v) is 4.72. The largest absolute Gasteiger partial charge is 0.383 e. The highest BCUT2D eigenvalue weighted by atomic mass is 19.1. The van der Waals surface area contributed by atoms with Gasteiger partial charge < -0.3 is 15.0 Å². The lowest BCUT2D eigenvalue weighted by Gasteiger charge is -2.23. The third-order valence-corrected chi connectivity index (χ3v) is 2.78. The molecule has 0 aliphatic carbocycles. The van der Waals surface area contributed by atoms with Crippen LogP contribution in [0.2, 0.25) is 0 Å². The standard InChI is InChI=1S/C14H23FN2O/c1-11(2)16-10-12-9-13(15)5-6-14(12)17(3)7-8-18-4/h5-6,9,11,16H,7-8,10H2,1-4H3. The molecule has 0 atom stereocenters. The minimum absolute atomic E-state index is 0.195. The van der Waals surface area contributed by atoms with Crippen molar-refractivity contribution in [1.82, 2.24) is 5.32 Å². The summed E-state index contributed by atoms with van der Waals surface area (Å²) in [7, 11) is 3.67. The zero-order chi connectivity index (χ0) is 13.5. The van der Waals surface area contributed by atoms with E-state index in [0.717, 1.165) is 17.8 Å². The molecule has 1 rings (SSSR count). The number of benzene rings is 1. The number of ether oxygens (including phenoxy) is 1. The van der Waals surface area contributed by atoms with Gasteiger partial charge >= 0.3 is 0 Å². The smallest absolute Gasteiger partial charge is 0.123 e. The molecule has 0 fully saturated rings. The molecule has 3 nitrogen and oxygen atoms in total. The summed E-state index contributed by atoms with van der Waals surface area (Å²) >= 11 is 0. The first-order valence-corrected chi connectivity index (χ1v) is 6.26. The average molecular weight is 254 g/mol. The minimum Gasteiger partial charge on any atom is -0.383 e. The maximum absolute atomic E-state index is 13.3. The van der Waals surface area contributed by atoms with E-state index in [0.29, 0.717) is 19.2 Å². The van der Waals surface area contributed by atoms with Crippen LogP contribution in [0.3, 0.4) is 0 Å². The van der Waals surface area contributed by atoms with Gasteiger partial charge in [0.2, 0.25) is 0 Å². The number of rotatable bonds is 7. The fourth-order valence-corrected chi connectivity index (χ4v) is 1.73. The van der Waals surface area contributed by atoms with Crippen LogP contribution in [0, 0.1) is 5.82 Å². The van der Waals surface area contributed by atoms with Crippen molar-refractivity contribution < 1.29 is 9.13 Å². The van der Waals surface area contributed by atoms with Crippen LogP contribution in [0.4, 0.5) is 10.1 Å². The monoisotopic (exact) mass is 254 g/mol. The Morgan fingerprint density at radius 2 is 2.11 bits per heavy atom. The Bertz CT molecular complexity index is 369. The van der Waals surface area contributed by atoms with Gasteiger partial charge in [0, 0.05) is 39.0 Å². The summed E-state index contributed by atoms with van der Waals surface area (Å²) in [6.07, 6.45) is 0. The fourth-order valence-electron chi connectivity index (χ4n) is 1.73. The van der Waals surface area contributed by atoms with Crippen molar-refractivity contribution >= 4 is 5.69 Å². The Labute approximate surface area is 109 Å². The Kier molecular flexibility index (Phi) is 6.09. The van der Waals surface area contributed by atoms with Crippen molar-refractivity contribution in [2.45, 2.75) is 26.4 Å². The van der Waals surface area contributed by atoms with Crippen molar-refractivity contribution in [2.75, 3.05) is 32.2 Å². The van der Waals surface area contributed by atoms with Gasteiger partial charge in [0.15, 0.2) is 0 Å². The number of anilines is 1. The van der Waals surface area contributed by atoms with Gasteiger partial charge in [-0.15, -0.1) is 0 Å². The van der Waals surface area contributed by atoms with Crippen LogP contribution >= 0.6 is 0 Å². The fraction of sp³-hybridized carbons (Fsp3) is 0.571. The highest BCUT2D eigenvalue weighted by Gasteiger charge is 2.09. The van der Waals surface area contributed by atoms with Crippen molar-refractivity contribution in [3.63, 3.8) is 0 Å². The number of hydrogen-bond acceptors (Lipinski definition) is 3. The van der Waals surface area contributed by atoms with E-state index in [2.05, 4.69) is 24.1 Å². The first-order valence-electron chi connectivity index (χ1n) is 6.26. The van der Waals surface area contributed by atoms with Crippen LogP contribution < -0.4 is 10.2 Å². The second kappa shape index (κ2) is 7.34. The van der Waals surface area contributed by atoms with Crippen LogP contribution in [0.15, 0.2) is 18.2 Å². The summed E-state index contributed by atoms with van der Waals surface area (Å²) in [5.74, 6) is -0.195. The second-order valence-electron chi connectivity index (χ2n) is 4.72. The molecule has 1 N–H and O–H groups in total. The molecule has 0 unspecified atom stereocenters. The van der Waals surface area contributed by atoms with E-state index in [9.17, 15) is 4.39 Å². The topological polar surface area (TPSA) is 24.5 Å². The van der Waals surface area contributed by atoms with Crippen molar-refractivity contribution in [2.24, 2.45) is 0 Å². The van der Waals surface area contributed by atoms with Crippen LogP contribution in [-0.4, -0.2) is 33.4 Å². The van der Waals surface area contributed by atoms with Crippen molar-refractivity contribution in [3.05, 3.63) is 29.6 Å². The Hall–Kier alpha value is -1.13. The summed E-state index contributed by atoms with van der Waals surface area (Å²) in [5.41, 5.74) is 2.02. The number of nitrogens with zero attached hydrogens (tertiary/aromatic N) is 1. The molecule has 0 heterocycles. The van der Waals surface area contributed by atoms with E-state index in [4.69, 9.17) is 4.74 Å². The van der Waals surface area contributed by atoms with Gasteiger partial charge in [-0.05, 0) is 23.8 Å². The molecule has 102 valence electrons. The normalized spacial score (nSPS) is 11.0. The molecular weight excluding hydrogens is 231 g/mol. The molecule has 4 heteroatoms. The molecule has 18 heavy (non-hydrogen) atoms. The maximum Gasteiger partial charge on any atom is 0.123 e. The van der Waals surface area contributed by atoms with Crippen LogP contribution in [-0.2, 0) is 11.3 Å². The van der Waals surface area contributed by atoms with E-state index in [1.165, 1.54) is 6.07 Å². The molecule has 0 aromatic heterocycles. The lowest BCUT2D eigenvalue weighted by atomic mass is 10.1. The Morgan fingerprint density at radius 1 is 1.39 bits per heavy atom. The quantitative estimate of drug-likeness (QED) is 0.808. The van der Waals surface area contributed by atoms with Crippen LogP contribution in [0.25, 0.3) is 0 Å². The Balaban J connectivity index is 2.81. The number of nitrogens with one attached hydrogen (secondary N) is 1. The molecule has 0 radical (unpaired) electrons. The van der Waals surface area contributed by atoms with E-state index in [1.54, 1.807) is 13.2 Å². The Morgan fingerprint density at radius 3 is 2.72 bits per heavy atom. The predicted molar refractivity (Wildman–Crippen MR) is 73.5 cm³/mol. The van der Waals surface area contributed by atoms with Crippen LogP contribution in [0.1, 0.15) is 19.4 Å². The molecule has 0 saturated carbocycles. The average Bonchev–Trinajstić information content (AvgIpc) is 2.33. The first-order chi connectivity index (χ1) is 8.54. The van der Waals surface area contributed by atoms with Gasteiger partial charge in [-0.3, -0.25) is 0 Å². The molecule has 0 bridgehead atoms. The summed E-state index contributed by atoms with van der Waals surface area (Å²) in [6, 6.07) is 5.29. The number of hydrogen-bond donors (Lipinski definition) is 1.